The van der Waals surface area contributed by atoms with E-state index >= 15 is 0 Å². The minimum absolute atomic E-state index is 0.113. The predicted octanol–water partition coefficient (Wildman–Crippen LogP) is 5.20. The summed E-state index contributed by atoms with van der Waals surface area (Å²) in [6.45, 7) is 8.21. The molecule has 44 heavy (non-hydrogen) atoms. The molecule has 7 atom stereocenters. The molecule has 9 nitrogen and oxygen atoms in total. The normalized spacial score (nSPS) is 32.8. The van der Waals surface area contributed by atoms with Crippen molar-refractivity contribution in [2.45, 2.75) is 142 Å². The van der Waals surface area contributed by atoms with E-state index in [1.165, 1.54) is 0 Å². The van der Waals surface area contributed by atoms with Gasteiger partial charge in [0.25, 0.3) is 5.91 Å². The van der Waals surface area contributed by atoms with Gasteiger partial charge in [0.1, 0.15) is 5.78 Å². The molecular formula is C35H61NO8. The number of amides is 1. The van der Waals surface area contributed by atoms with E-state index in [2.05, 4.69) is 25.2 Å². The Morgan fingerprint density at radius 1 is 0.932 bits per heavy atom. The van der Waals surface area contributed by atoms with Gasteiger partial charge in [0, 0.05) is 32.9 Å². The summed E-state index contributed by atoms with van der Waals surface area (Å²) in [5.41, 5.74) is 0.973. The van der Waals surface area contributed by atoms with Gasteiger partial charge in [-0.15, -0.1) is 0 Å². The number of ketones is 1. The zero-order valence-electron chi connectivity index (χ0n) is 28.0. The fourth-order valence-corrected chi connectivity index (χ4v) is 5.63. The first-order valence-corrected chi connectivity index (χ1v) is 16.9. The Morgan fingerprint density at radius 3 is 2.34 bits per heavy atom. The van der Waals surface area contributed by atoms with Crippen LogP contribution in [0.25, 0.3) is 0 Å². The number of hydrogen-bond acceptors (Lipinski definition) is 8. The lowest BCUT2D eigenvalue weighted by atomic mass is 9.92. The Morgan fingerprint density at radius 2 is 1.66 bits per heavy atom. The van der Waals surface area contributed by atoms with E-state index < -0.39 is 36.3 Å². The zero-order valence-corrected chi connectivity index (χ0v) is 28.0. The summed E-state index contributed by atoms with van der Waals surface area (Å²) in [4.78, 5) is 38.1. The summed E-state index contributed by atoms with van der Waals surface area (Å²) < 4.78 is 10.9. The summed E-state index contributed by atoms with van der Waals surface area (Å²) in [6, 6.07) is 0. The number of nitrogens with one attached hydrogen (secondary N) is 1. The van der Waals surface area contributed by atoms with Crippen molar-refractivity contribution >= 4 is 17.7 Å². The van der Waals surface area contributed by atoms with Crippen LogP contribution in [0.3, 0.4) is 0 Å². The first-order valence-electron chi connectivity index (χ1n) is 16.9. The van der Waals surface area contributed by atoms with Gasteiger partial charge in [-0.1, -0.05) is 65.2 Å². The fraction of sp³-hybridized carbons (Fsp3) is 0.800. The van der Waals surface area contributed by atoms with Gasteiger partial charge < -0.3 is 30.1 Å². The van der Waals surface area contributed by atoms with Gasteiger partial charge in [-0.3, -0.25) is 14.4 Å². The molecule has 0 bridgehead atoms. The Labute approximate surface area is 265 Å². The van der Waals surface area contributed by atoms with Gasteiger partial charge in [0.15, 0.2) is 6.10 Å². The Balaban J connectivity index is 2.96. The second-order valence-electron chi connectivity index (χ2n) is 12.8. The molecule has 0 aromatic rings. The maximum Gasteiger partial charge on any atom is 0.309 e. The van der Waals surface area contributed by atoms with Gasteiger partial charge in [-0.2, -0.15) is 0 Å². The smallest absolute Gasteiger partial charge is 0.309 e. The molecule has 254 valence electrons. The summed E-state index contributed by atoms with van der Waals surface area (Å²) in [5.74, 6) is -0.318. The molecule has 0 saturated heterocycles. The van der Waals surface area contributed by atoms with Crippen LogP contribution in [0.1, 0.15) is 118 Å². The molecule has 4 N–H and O–H groups in total. The van der Waals surface area contributed by atoms with Crippen LogP contribution in [0.2, 0.25) is 0 Å². The summed E-state index contributed by atoms with van der Waals surface area (Å²) in [5, 5.41) is 34.1. The highest BCUT2D eigenvalue weighted by atomic mass is 16.5. The van der Waals surface area contributed by atoms with Gasteiger partial charge >= 0.3 is 5.97 Å². The number of β-amino-alcohol motifs (C(OH)–C–C–N with tert-alkyl or cyclic N) is 1. The van der Waals surface area contributed by atoms with Gasteiger partial charge in [-0.05, 0) is 68.8 Å². The molecule has 0 radical (unpaired) electrons. The molecule has 1 amide bonds. The largest absolute Gasteiger partial charge is 0.452 e. The number of carbonyl (C=O) groups excluding carboxylic acids is 3. The molecule has 1 aliphatic heterocycles. The van der Waals surface area contributed by atoms with E-state index in [-0.39, 0.29) is 31.2 Å². The van der Waals surface area contributed by atoms with Crippen molar-refractivity contribution in [3.63, 3.8) is 0 Å². The van der Waals surface area contributed by atoms with E-state index in [4.69, 9.17) is 9.47 Å². The molecule has 0 fully saturated rings. The lowest BCUT2D eigenvalue weighted by Gasteiger charge is -2.23. The highest BCUT2D eigenvalue weighted by Gasteiger charge is 2.27. The minimum atomic E-state index is -1.17. The molecule has 1 aliphatic rings. The van der Waals surface area contributed by atoms with Crippen LogP contribution in [0.15, 0.2) is 23.8 Å². The van der Waals surface area contributed by atoms with Crippen LogP contribution in [0.4, 0.5) is 0 Å². The zero-order chi connectivity index (χ0) is 32.9. The molecule has 0 aromatic carbocycles. The Kier molecular flexibility index (Phi) is 21.2. The van der Waals surface area contributed by atoms with Gasteiger partial charge in [-0.25, -0.2) is 0 Å². The first kappa shape index (κ1) is 40.0. The van der Waals surface area contributed by atoms with Crippen LogP contribution in [-0.2, 0) is 23.9 Å². The maximum atomic E-state index is 12.8. The number of carbonyl (C=O) groups is 3. The third-order valence-electron chi connectivity index (χ3n) is 8.49. The van der Waals surface area contributed by atoms with Crippen molar-refractivity contribution in [3.8, 4) is 0 Å². The number of methoxy groups -OCH3 is 1. The third kappa shape index (κ3) is 17.4. The van der Waals surface area contributed by atoms with E-state index in [9.17, 15) is 29.7 Å². The quantitative estimate of drug-likeness (QED) is 0.306. The monoisotopic (exact) mass is 623 g/mol. The molecule has 0 spiro atoms. The van der Waals surface area contributed by atoms with Crippen LogP contribution >= 0.6 is 0 Å². The van der Waals surface area contributed by atoms with E-state index in [0.717, 1.165) is 44.1 Å². The third-order valence-corrected chi connectivity index (χ3v) is 8.49. The summed E-state index contributed by atoms with van der Waals surface area (Å²) in [6.07, 6.45) is 10.9. The number of aliphatic hydroxyl groups is 3. The number of aliphatic hydroxyl groups excluding tert-OH is 3. The van der Waals surface area contributed by atoms with Crippen molar-refractivity contribution in [2.24, 2.45) is 17.8 Å². The van der Waals surface area contributed by atoms with Gasteiger partial charge in [0.05, 0.1) is 30.8 Å². The van der Waals surface area contributed by atoms with E-state index in [0.29, 0.717) is 56.8 Å². The topological polar surface area (TPSA) is 142 Å². The lowest BCUT2D eigenvalue weighted by Crippen LogP contribution is -2.43. The average Bonchev–Trinajstić information content (AvgIpc) is 2.98. The van der Waals surface area contributed by atoms with Crippen LogP contribution in [0.5, 0.6) is 0 Å². The molecule has 1 rings (SSSR count). The van der Waals surface area contributed by atoms with E-state index in [1.807, 2.05) is 26.0 Å². The van der Waals surface area contributed by atoms with Crippen molar-refractivity contribution in [3.05, 3.63) is 23.8 Å². The van der Waals surface area contributed by atoms with Crippen molar-refractivity contribution in [1.82, 2.24) is 5.32 Å². The highest BCUT2D eigenvalue weighted by Crippen LogP contribution is 2.22. The van der Waals surface area contributed by atoms with Crippen molar-refractivity contribution in [2.75, 3.05) is 20.3 Å². The number of Topliss-reactive ketones (excluding diaryl/α,β-unsaturated/α-hetero) is 1. The van der Waals surface area contributed by atoms with Crippen molar-refractivity contribution in [1.29, 1.82) is 0 Å². The molecule has 0 aliphatic carbocycles. The lowest BCUT2D eigenvalue weighted by molar-refractivity contribution is -0.160. The minimum Gasteiger partial charge on any atom is -0.452 e. The molecule has 9 heteroatoms. The number of allylic oxidation sites excluding steroid dienone is 3. The van der Waals surface area contributed by atoms with Crippen molar-refractivity contribution < 1.29 is 39.2 Å². The Hall–Kier alpha value is -2.07. The van der Waals surface area contributed by atoms with Crippen LogP contribution in [-0.4, -0.2) is 77.7 Å². The summed E-state index contributed by atoms with van der Waals surface area (Å²) >= 11 is 0. The number of cyclic esters (lactones) is 1. The molecule has 0 saturated carbocycles. The fourth-order valence-electron chi connectivity index (χ4n) is 5.63. The van der Waals surface area contributed by atoms with Crippen LogP contribution < -0.4 is 5.32 Å². The standard InChI is InChI=1S/C35H61NO8/c1-6-12-33-34(41)36-23-30(38)22-32(40)31(39)20-19-28(24-43-5)16-10-14-27(7-2)15-11-18-29(37)17-9-8-13-25(3)21-26(4)35(42)44-33/h10,14,16,25-27,30-33,38-40H,6-9,11-13,15,17-24H2,1-5H3,(H,36,41)/b14-10+,28-16+. The number of rotatable bonds is 5. The maximum absolute atomic E-state index is 12.8. The number of ether oxygens (including phenoxy) is 2. The molecule has 0 aromatic heterocycles. The van der Waals surface area contributed by atoms with E-state index in [1.54, 1.807) is 7.11 Å². The first-order chi connectivity index (χ1) is 21.0. The summed E-state index contributed by atoms with van der Waals surface area (Å²) in [7, 11) is 1.61. The second kappa shape index (κ2) is 23.3. The van der Waals surface area contributed by atoms with Gasteiger partial charge in [0.2, 0.25) is 0 Å². The second-order valence-corrected chi connectivity index (χ2v) is 12.8. The molecule has 1 heterocycles. The molecule has 7 unspecified atom stereocenters. The predicted molar refractivity (Wildman–Crippen MR) is 173 cm³/mol. The molecular weight excluding hydrogens is 562 g/mol. The number of esters is 1. The highest BCUT2D eigenvalue weighted by molar-refractivity contribution is 5.84. The Bertz CT molecular complexity index is 888. The van der Waals surface area contributed by atoms with Crippen LogP contribution in [0, 0.1) is 17.8 Å². The number of hydrogen-bond donors (Lipinski definition) is 4. The average molecular weight is 624 g/mol. The SMILES string of the molecule is CCCC1OC(=O)C(C)CC(C)CCCCC(=O)CCCC(CC)/C=C/C=C(/COC)CCC(O)C(O)CC(O)CNC1=O.